The van der Waals surface area contributed by atoms with Crippen LogP contribution in [0.15, 0.2) is 42.7 Å². The Morgan fingerprint density at radius 2 is 2.02 bits per heavy atom. The highest BCUT2D eigenvalue weighted by Gasteiger charge is 2.39. The van der Waals surface area contributed by atoms with Crippen LogP contribution >= 0.6 is 0 Å². The quantitative estimate of drug-likeness (QED) is 0.254. The highest BCUT2D eigenvalue weighted by molar-refractivity contribution is 6.03. The van der Waals surface area contributed by atoms with Gasteiger partial charge in [-0.15, -0.1) is 0 Å². The van der Waals surface area contributed by atoms with Gasteiger partial charge in [-0.2, -0.15) is 5.26 Å². The molecule has 0 spiro atoms. The molecule has 3 aromatic rings. The van der Waals surface area contributed by atoms with Crippen LogP contribution in [0.25, 0.3) is 11.3 Å². The third kappa shape index (κ3) is 6.29. The van der Waals surface area contributed by atoms with E-state index in [-0.39, 0.29) is 46.7 Å². The van der Waals surface area contributed by atoms with E-state index in [1.54, 1.807) is 12.4 Å². The van der Waals surface area contributed by atoms with Gasteiger partial charge >= 0.3 is 0 Å². The van der Waals surface area contributed by atoms with Gasteiger partial charge in [0.2, 0.25) is 0 Å². The van der Waals surface area contributed by atoms with Gasteiger partial charge in [0.15, 0.2) is 0 Å². The first-order chi connectivity index (χ1) is 21.2. The normalized spacial score (nSPS) is 22.5. The number of carbonyl (C=O) groups excluding carboxylic acids is 1. The van der Waals surface area contributed by atoms with Crippen LogP contribution in [0, 0.1) is 28.9 Å². The number of nitriles is 1. The Morgan fingerprint density at radius 3 is 2.70 bits per heavy atom. The van der Waals surface area contributed by atoms with Crippen LogP contribution in [0.2, 0.25) is 0 Å². The molecule has 4 atom stereocenters. The Kier molecular flexibility index (Phi) is 9.53. The molecule has 2 aromatic heterocycles. The van der Waals surface area contributed by atoms with Gasteiger partial charge in [-0.05, 0) is 85.4 Å². The summed E-state index contributed by atoms with van der Waals surface area (Å²) >= 11 is 0. The molecule has 44 heavy (non-hydrogen) atoms. The van der Waals surface area contributed by atoms with Crippen molar-refractivity contribution in [1.29, 1.82) is 5.26 Å². The van der Waals surface area contributed by atoms with Gasteiger partial charge in [0.05, 0.1) is 55.4 Å². The van der Waals surface area contributed by atoms with Crippen molar-refractivity contribution in [3.8, 4) is 23.1 Å². The number of halogens is 2. The van der Waals surface area contributed by atoms with Crippen LogP contribution in [0.5, 0.6) is 5.75 Å². The van der Waals surface area contributed by atoms with Crippen molar-refractivity contribution in [1.82, 2.24) is 9.97 Å². The van der Waals surface area contributed by atoms with Crippen LogP contribution in [0.1, 0.15) is 79.4 Å². The van der Waals surface area contributed by atoms with E-state index in [1.807, 2.05) is 6.07 Å². The van der Waals surface area contributed by atoms with E-state index < -0.39 is 23.1 Å². The van der Waals surface area contributed by atoms with Gasteiger partial charge in [-0.3, -0.25) is 9.78 Å². The second-order valence-corrected chi connectivity index (χ2v) is 11.6. The van der Waals surface area contributed by atoms with Gasteiger partial charge in [0.1, 0.15) is 28.8 Å². The lowest BCUT2D eigenvalue weighted by molar-refractivity contribution is -0.0391. The van der Waals surface area contributed by atoms with Crippen LogP contribution in [-0.4, -0.2) is 46.8 Å². The summed E-state index contributed by atoms with van der Waals surface area (Å²) in [4.78, 5) is 21.9. The predicted octanol–water partition coefficient (Wildman–Crippen LogP) is 5.58. The number of rotatable bonds is 10. The molecule has 4 unspecified atom stereocenters. The number of ether oxygens (including phenoxy) is 2. The fourth-order valence-electron chi connectivity index (χ4n) is 6.40. The molecule has 11 heteroatoms. The number of methoxy groups -OCH3 is 1. The summed E-state index contributed by atoms with van der Waals surface area (Å²) in [7, 11) is 1.33. The maximum Gasteiger partial charge on any atom is 0.274 e. The van der Waals surface area contributed by atoms with Gasteiger partial charge in [-0.25, -0.2) is 13.8 Å². The molecular formula is C33H37F2N5O4. The largest absolute Gasteiger partial charge is 0.496 e. The first-order valence-corrected chi connectivity index (χ1v) is 15.0. The number of hydrogen-bond acceptors (Lipinski definition) is 8. The summed E-state index contributed by atoms with van der Waals surface area (Å²) in [5.74, 6) is -2.07. The molecule has 0 saturated heterocycles. The highest BCUT2D eigenvalue weighted by atomic mass is 19.1. The van der Waals surface area contributed by atoms with Gasteiger partial charge in [-0.1, -0.05) is 13.3 Å². The SMILES string of the molecule is CCC1CC(c2ccncc2NC(=O)c2ccc(F)c(-c3c(F)cc(C4(O)CCC4)cc3OC)n2)CC(N)C1OCCC#N. The van der Waals surface area contributed by atoms with E-state index in [4.69, 9.17) is 20.5 Å². The number of benzene rings is 1. The lowest BCUT2D eigenvalue weighted by Gasteiger charge is -2.40. The maximum absolute atomic E-state index is 15.5. The lowest BCUT2D eigenvalue weighted by atomic mass is 9.73. The summed E-state index contributed by atoms with van der Waals surface area (Å²) in [5.41, 5.74) is 6.35. The standard InChI is InChI=1S/C33H37F2N5O4/c1-3-19-14-20(15-25(37)31(19)44-13-5-11-36)22-8-12-38-18-27(22)40-32(41)26-7-6-23(34)30(39-26)29-24(35)16-21(17-28(29)43-2)33(42)9-4-10-33/h6-8,12,16-20,25,31,42H,3-5,9-10,13-15,37H2,1-2H3,(H,40,41). The molecule has 2 aliphatic carbocycles. The number of amides is 1. The molecule has 0 aliphatic heterocycles. The second-order valence-electron chi connectivity index (χ2n) is 11.6. The van der Waals surface area contributed by atoms with Crippen LogP contribution in [-0.2, 0) is 10.3 Å². The third-order valence-electron chi connectivity index (χ3n) is 8.93. The van der Waals surface area contributed by atoms with Crippen molar-refractivity contribution in [3.05, 3.63) is 71.2 Å². The van der Waals surface area contributed by atoms with Crippen molar-refractivity contribution in [2.24, 2.45) is 11.7 Å². The minimum atomic E-state index is -1.15. The van der Waals surface area contributed by atoms with E-state index >= 15 is 8.78 Å². The van der Waals surface area contributed by atoms with E-state index in [9.17, 15) is 9.90 Å². The Bertz CT molecular complexity index is 1560. The first-order valence-electron chi connectivity index (χ1n) is 15.0. The van der Waals surface area contributed by atoms with Crippen molar-refractivity contribution in [2.75, 3.05) is 19.0 Å². The molecule has 1 amide bonds. The molecule has 1 aromatic carbocycles. The van der Waals surface area contributed by atoms with Crippen molar-refractivity contribution < 1.29 is 28.2 Å². The maximum atomic E-state index is 15.5. The first kappa shape index (κ1) is 31.4. The monoisotopic (exact) mass is 605 g/mol. The number of carbonyl (C=O) groups is 1. The van der Waals surface area contributed by atoms with E-state index in [0.717, 1.165) is 30.9 Å². The average Bonchev–Trinajstić information content (AvgIpc) is 3.00. The number of anilines is 1. The van der Waals surface area contributed by atoms with E-state index in [2.05, 4.69) is 28.3 Å². The van der Waals surface area contributed by atoms with E-state index in [0.29, 0.717) is 43.5 Å². The average molecular weight is 606 g/mol. The number of pyridine rings is 2. The Morgan fingerprint density at radius 1 is 1.23 bits per heavy atom. The Labute approximate surface area is 255 Å². The summed E-state index contributed by atoms with van der Waals surface area (Å²) in [6, 6.07) is 8.64. The Balaban J connectivity index is 1.39. The molecular weight excluding hydrogens is 568 g/mol. The smallest absolute Gasteiger partial charge is 0.274 e. The summed E-state index contributed by atoms with van der Waals surface area (Å²) in [5, 5.41) is 22.5. The van der Waals surface area contributed by atoms with Gasteiger partial charge < -0.3 is 25.6 Å². The molecule has 0 radical (unpaired) electrons. The van der Waals surface area contributed by atoms with Crippen molar-refractivity contribution in [2.45, 2.75) is 75.5 Å². The second kappa shape index (κ2) is 13.3. The molecule has 4 N–H and O–H groups in total. The number of nitrogens with two attached hydrogens (primary N) is 1. The molecule has 2 aliphatic rings. The minimum Gasteiger partial charge on any atom is -0.496 e. The molecule has 2 heterocycles. The fraction of sp³-hybridized carbons (Fsp3) is 0.455. The topological polar surface area (TPSA) is 143 Å². The van der Waals surface area contributed by atoms with Crippen LogP contribution < -0.4 is 15.8 Å². The Hall–Kier alpha value is -3.98. The lowest BCUT2D eigenvalue weighted by Crippen LogP contribution is -2.47. The summed E-state index contributed by atoms with van der Waals surface area (Å²) < 4.78 is 41.9. The fourth-order valence-corrected chi connectivity index (χ4v) is 6.40. The third-order valence-corrected chi connectivity index (χ3v) is 8.93. The van der Waals surface area contributed by atoms with Crippen LogP contribution in [0.3, 0.4) is 0 Å². The zero-order valence-corrected chi connectivity index (χ0v) is 24.9. The molecule has 2 fully saturated rings. The van der Waals surface area contributed by atoms with Gasteiger partial charge in [0, 0.05) is 12.2 Å². The highest BCUT2D eigenvalue weighted by Crippen LogP contribution is 2.45. The summed E-state index contributed by atoms with van der Waals surface area (Å²) in [6.45, 7) is 2.41. The van der Waals surface area contributed by atoms with E-state index in [1.165, 1.54) is 25.3 Å². The van der Waals surface area contributed by atoms with Crippen LogP contribution in [0.4, 0.5) is 14.5 Å². The number of nitrogens with zero attached hydrogens (tertiary/aromatic N) is 3. The minimum absolute atomic E-state index is 0.00727. The number of nitrogens with one attached hydrogen (secondary N) is 1. The zero-order chi connectivity index (χ0) is 31.4. The molecule has 0 bridgehead atoms. The zero-order valence-electron chi connectivity index (χ0n) is 24.9. The van der Waals surface area contributed by atoms with Gasteiger partial charge in [0.25, 0.3) is 5.91 Å². The number of aromatic nitrogens is 2. The summed E-state index contributed by atoms with van der Waals surface area (Å²) in [6.07, 6.45) is 7.39. The van der Waals surface area contributed by atoms with Crippen molar-refractivity contribution >= 4 is 11.6 Å². The number of hydrogen-bond donors (Lipinski definition) is 3. The number of aliphatic hydroxyl groups is 1. The molecule has 232 valence electrons. The molecule has 5 rings (SSSR count). The van der Waals surface area contributed by atoms with Crippen molar-refractivity contribution in [3.63, 3.8) is 0 Å². The molecule has 9 nitrogen and oxygen atoms in total. The predicted molar refractivity (Wildman–Crippen MR) is 160 cm³/mol. The molecule has 2 saturated carbocycles.